The summed E-state index contributed by atoms with van der Waals surface area (Å²) >= 11 is 1.72. The highest BCUT2D eigenvalue weighted by Gasteiger charge is 2.28. The molecule has 8 heterocycles. The monoisotopic (exact) mass is 1620 g/mol. The lowest BCUT2D eigenvalue weighted by molar-refractivity contribution is 0.653. The summed E-state index contributed by atoms with van der Waals surface area (Å²) in [5.41, 5.74) is 28.5. The number of nitrogens with zero attached hydrogens (tertiary/aromatic N) is 8. The quantitative estimate of drug-likeness (QED) is 0.136. The van der Waals surface area contributed by atoms with Gasteiger partial charge in [-0.1, -0.05) is 297 Å². The number of para-hydroxylation sites is 6. The molecule has 27 aromatic rings. The molecule has 0 aliphatic heterocycles. The third kappa shape index (κ3) is 11.3. The highest BCUT2D eigenvalue weighted by molar-refractivity contribution is 7.25. The zero-order valence-electron chi connectivity index (χ0n) is 67.8. The molecule has 19 aromatic carbocycles. The molecule has 0 fully saturated rings. The second-order valence-electron chi connectivity index (χ2n) is 32.7. The van der Waals surface area contributed by atoms with E-state index in [2.05, 4.69) is 431 Å². The van der Waals surface area contributed by atoms with Crippen molar-refractivity contribution in [2.24, 2.45) is 0 Å². The largest absolute Gasteiger partial charge is 0.436 e. The number of hydrogen-bond acceptors (Lipinski definition) is 6. The number of fused-ring (bicyclic) bond motifs is 21. The normalized spacial score (nSPS) is 12.0. The molecule has 0 atom stereocenters. The lowest BCUT2D eigenvalue weighted by Gasteiger charge is -2.16. The van der Waals surface area contributed by atoms with Gasteiger partial charge in [-0.3, -0.25) is 0 Å². The molecule has 0 saturated carbocycles. The Morgan fingerprint density at radius 1 is 0.214 bits per heavy atom. The van der Waals surface area contributed by atoms with Gasteiger partial charge in [-0.25, -0.2) is 19.9 Å². The first kappa shape index (κ1) is 71.1. The maximum Gasteiger partial charge on any atom is 0.246 e. The Kier molecular flexibility index (Phi) is 16.1. The van der Waals surface area contributed by atoms with Crippen LogP contribution >= 0.6 is 11.3 Å². The molecular formula is C116H70N8OS. The van der Waals surface area contributed by atoms with Gasteiger partial charge in [-0.15, -0.1) is 11.3 Å². The van der Waals surface area contributed by atoms with Gasteiger partial charge in [-0.2, -0.15) is 0 Å². The Morgan fingerprint density at radius 3 is 1.21 bits per heavy atom. The van der Waals surface area contributed by atoms with Gasteiger partial charge in [-0.05, 0) is 177 Å². The SMILES string of the molecule is c1ccc(-c2ccc3c(c2)sc2nc(-c4cccc5c4c4ccccc4n5-c4ccccc4)c(-c4cc(-n5c6ccccc6c6cc7ccccc7cc65)c5ccccc5c4)nc23)cc1.c1ccc(-c2ccc3oc4nc(-c5cccc6c5c5ccccc5n6-c5ccccc5)c(-c5ccc(-n6c7ccccc7c7cc8ccccc8cc76)cc5)nc4c3c2)cc1. The molecule has 586 valence electrons. The van der Waals surface area contributed by atoms with Crippen molar-refractivity contribution < 1.29 is 4.42 Å². The molecule has 8 aromatic heterocycles. The predicted molar refractivity (Wildman–Crippen MR) is 527 cm³/mol. The van der Waals surface area contributed by atoms with Crippen LogP contribution in [0.15, 0.2) is 429 Å². The van der Waals surface area contributed by atoms with Crippen LogP contribution in [0.3, 0.4) is 0 Å². The lowest BCUT2D eigenvalue weighted by atomic mass is 9.96. The molecule has 0 radical (unpaired) electrons. The van der Waals surface area contributed by atoms with Crippen LogP contribution in [0, 0.1) is 0 Å². The first-order valence-electron chi connectivity index (χ1n) is 42.7. The maximum atomic E-state index is 6.57. The van der Waals surface area contributed by atoms with E-state index in [4.69, 9.17) is 24.4 Å². The minimum absolute atomic E-state index is 0.511. The van der Waals surface area contributed by atoms with Crippen molar-refractivity contribution in [3.8, 4) is 90.0 Å². The van der Waals surface area contributed by atoms with Gasteiger partial charge in [0.25, 0.3) is 0 Å². The molecule has 9 nitrogen and oxygen atoms in total. The minimum atomic E-state index is 0.511. The number of aromatic nitrogens is 8. The minimum Gasteiger partial charge on any atom is -0.436 e. The molecule has 10 heteroatoms. The second kappa shape index (κ2) is 28.5. The van der Waals surface area contributed by atoms with Gasteiger partial charge in [0, 0.05) is 103 Å². The molecule has 0 unspecified atom stereocenters. The summed E-state index contributed by atoms with van der Waals surface area (Å²) in [4.78, 5) is 23.5. The van der Waals surface area contributed by atoms with Crippen molar-refractivity contribution in [2.75, 3.05) is 0 Å². The summed E-state index contributed by atoms with van der Waals surface area (Å²) in [6, 6.07) is 152. The average Bonchev–Trinajstić information content (AvgIpc) is 1.55. The fraction of sp³-hybridized carbons (Fsp3) is 0. The molecule has 0 aliphatic rings. The van der Waals surface area contributed by atoms with E-state index in [1.54, 1.807) is 11.3 Å². The number of hydrogen-bond donors (Lipinski definition) is 0. The molecule has 126 heavy (non-hydrogen) atoms. The van der Waals surface area contributed by atoms with Crippen LogP contribution in [0.2, 0.25) is 0 Å². The van der Waals surface area contributed by atoms with Crippen LogP contribution in [0.4, 0.5) is 0 Å². The van der Waals surface area contributed by atoms with Crippen LogP contribution in [0.1, 0.15) is 0 Å². The van der Waals surface area contributed by atoms with Crippen LogP contribution in [0.5, 0.6) is 0 Å². The standard InChI is InChI=1S/C60H36N4S.C56H34N4O/c1-3-16-37(17-4-1)40-30-31-47-55(36-40)65-60-59(47)61-57(58(62-60)48-26-15-29-52-56(48)46-25-12-14-28-51(46)63(52)43-21-5-2-6-22-43)42-32-41-20-9-10-23-44(41)53(35-42)64-50-27-13-11-24-45(50)49-33-38-18-7-8-19-39(38)34-54(49)64;1-3-14-35(15-4-1)39-28-31-51-46(33-39)55-56(61-51)58-54(44-22-13-25-49-52(44)43-21-10-12-24-48(43)59(49)40-18-5-2-6-19-40)53(57-55)36-26-29-41(30-27-36)60-47-23-11-9-20-42(47)45-32-37-16-7-8-17-38(37)34-50(45)60/h1-36H;1-34H. The van der Waals surface area contributed by atoms with Gasteiger partial charge in [0.2, 0.25) is 5.71 Å². The molecule has 0 N–H and O–H groups in total. The first-order valence-corrected chi connectivity index (χ1v) is 43.5. The van der Waals surface area contributed by atoms with E-state index in [-0.39, 0.29) is 0 Å². The highest BCUT2D eigenvalue weighted by Crippen LogP contribution is 2.49. The van der Waals surface area contributed by atoms with Crippen molar-refractivity contribution in [3.63, 3.8) is 0 Å². The van der Waals surface area contributed by atoms with Crippen LogP contribution in [-0.2, 0) is 0 Å². The van der Waals surface area contributed by atoms with Crippen molar-refractivity contribution in [2.45, 2.75) is 0 Å². The van der Waals surface area contributed by atoms with Crippen LogP contribution < -0.4 is 0 Å². The third-order valence-electron chi connectivity index (χ3n) is 25.6. The zero-order valence-corrected chi connectivity index (χ0v) is 68.6. The smallest absolute Gasteiger partial charge is 0.246 e. The van der Waals surface area contributed by atoms with E-state index in [0.29, 0.717) is 5.71 Å². The number of furan rings is 1. The van der Waals surface area contributed by atoms with E-state index in [1.165, 1.54) is 91.8 Å². The fourth-order valence-corrected chi connectivity index (χ4v) is 21.0. The summed E-state index contributed by atoms with van der Waals surface area (Å²) in [5.74, 6) is 0. The maximum absolute atomic E-state index is 6.57. The third-order valence-corrected chi connectivity index (χ3v) is 26.6. The second-order valence-corrected chi connectivity index (χ2v) is 33.7. The highest BCUT2D eigenvalue weighted by atomic mass is 32.1. The van der Waals surface area contributed by atoms with Crippen molar-refractivity contribution in [3.05, 3.63) is 425 Å². The summed E-state index contributed by atoms with van der Waals surface area (Å²) in [7, 11) is 0. The number of thiophene rings is 1. The van der Waals surface area contributed by atoms with E-state index in [9.17, 15) is 0 Å². The summed E-state index contributed by atoms with van der Waals surface area (Å²) in [5, 5.41) is 18.8. The topological polar surface area (TPSA) is 84.4 Å². The Hall–Kier alpha value is -16.7. The predicted octanol–water partition coefficient (Wildman–Crippen LogP) is 31.1. The Balaban J connectivity index is 0.000000134. The molecular weight excluding hydrogens is 1550 g/mol. The Morgan fingerprint density at radius 2 is 0.635 bits per heavy atom. The van der Waals surface area contributed by atoms with Gasteiger partial charge >= 0.3 is 0 Å². The van der Waals surface area contributed by atoms with Crippen molar-refractivity contribution in [1.82, 2.24) is 38.2 Å². The van der Waals surface area contributed by atoms with E-state index in [1.807, 2.05) is 12.1 Å². The van der Waals surface area contributed by atoms with Gasteiger partial charge in [0.1, 0.15) is 27.1 Å². The fourth-order valence-electron chi connectivity index (χ4n) is 19.9. The number of benzene rings is 19. The van der Waals surface area contributed by atoms with E-state index >= 15 is 0 Å². The lowest BCUT2D eigenvalue weighted by Crippen LogP contribution is -1.99. The Bertz CT molecular complexity index is 9160. The summed E-state index contributed by atoms with van der Waals surface area (Å²) < 4.78 is 17.3. The molecule has 0 aliphatic carbocycles. The molecule has 27 rings (SSSR count). The van der Waals surface area contributed by atoms with Gasteiger partial charge < -0.3 is 22.7 Å². The summed E-state index contributed by atoms with van der Waals surface area (Å²) in [6.45, 7) is 0. The molecule has 0 saturated heterocycles. The molecule has 0 spiro atoms. The van der Waals surface area contributed by atoms with E-state index < -0.39 is 0 Å². The van der Waals surface area contributed by atoms with E-state index in [0.717, 1.165) is 155 Å². The van der Waals surface area contributed by atoms with Crippen LogP contribution in [0.25, 0.3) is 252 Å². The van der Waals surface area contributed by atoms with Crippen molar-refractivity contribution in [1.29, 1.82) is 0 Å². The molecule has 0 amide bonds. The Labute approximate surface area is 725 Å². The molecule has 0 bridgehead atoms. The number of rotatable bonds is 10. The van der Waals surface area contributed by atoms with Crippen LogP contribution in [-0.4, -0.2) is 38.2 Å². The van der Waals surface area contributed by atoms with Gasteiger partial charge in [0.15, 0.2) is 0 Å². The first-order chi connectivity index (χ1) is 62.5. The van der Waals surface area contributed by atoms with Crippen molar-refractivity contribution >= 4 is 174 Å². The zero-order chi connectivity index (χ0) is 82.6. The van der Waals surface area contributed by atoms with Gasteiger partial charge in [0.05, 0.1) is 66.9 Å². The summed E-state index contributed by atoms with van der Waals surface area (Å²) in [6.07, 6.45) is 0. The average molecular weight is 1620 g/mol.